The van der Waals surface area contributed by atoms with Crippen molar-refractivity contribution >= 4 is 11.6 Å². The lowest BCUT2D eigenvalue weighted by Crippen LogP contribution is -2.29. The molecule has 5 nitrogen and oxygen atoms in total. The second-order valence-electron chi connectivity index (χ2n) is 6.72. The maximum absolute atomic E-state index is 12.3. The molecule has 5 heteroatoms. The van der Waals surface area contributed by atoms with E-state index in [1.807, 2.05) is 0 Å². The second-order valence-corrected chi connectivity index (χ2v) is 6.72. The van der Waals surface area contributed by atoms with Crippen molar-refractivity contribution in [3.63, 3.8) is 0 Å². The highest BCUT2D eigenvalue weighted by Gasteiger charge is 2.17. The van der Waals surface area contributed by atoms with Gasteiger partial charge in [-0.05, 0) is 61.6 Å². The zero-order chi connectivity index (χ0) is 17.9. The van der Waals surface area contributed by atoms with Crippen LogP contribution in [0.25, 0.3) is 0 Å². The van der Waals surface area contributed by atoms with Crippen molar-refractivity contribution in [1.29, 1.82) is 0 Å². The number of anilines is 1. The zero-order valence-corrected chi connectivity index (χ0v) is 15.1. The van der Waals surface area contributed by atoms with Crippen molar-refractivity contribution in [2.45, 2.75) is 26.2 Å². The van der Waals surface area contributed by atoms with Crippen molar-refractivity contribution in [3.8, 4) is 11.5 Å². The lowest BCUT2D eigenvalue weighted by Gasteiger charge is -2.30. The van der Waals surface area contributed by atoms with Gasteiger partial charge in [0.2, 0.25) is 6.79 Å². The molecule has 4 rings (SSSR count). The van der Waals surface area contributed by atoms with Crippen molar-refractivity contribution < 1.29 is 14.3 Å². The molecule has 1 amide bonds. The number of ether oxygens (including phenoxy) is 2. The summed E-state index contributed by atoms with van der Waals surface area (Å²) >= 11 is 0. The maximum Gasteiger partial charge on any atom is 0.251 e. The van der Waals surface area contributed by atoms with Gasteiger partial charge >= 0.3 is 0 Å². The van der Waals surface area contributed by atoms with E-state index in [1.54, 1.807) is 18.2 Å². The smallest absolute Gasteiger partial charge is 0.251 e. The second kappa shape index (κ2) is 7.28. The molecule has 1 N–H and O–H groups in total. The number of aryl methyl sites for hydroxylation is 1. The molecule has 2 aliphatic heterocycles. The summed E-state index contributed by atoms with van der Waals surface area (Å²) in [7, 11) is 0. The molecule has 0 unspecified atom stereocenters. The molecule has 2 aromatic carbocycles. The first-order valence-corrected chi connectivity index (χ1v) is 9.29. The predicted octanol–water partition coefficient (Wildman–Crippen LogP) is 3.16. The maximum atomic E-state index is 12.3. The van der Waals surface area contributed by atoms with Crippen molar-refractivity contribution in [2.75, 3.05) is 31.3 Å². The van der Waals surface area contributed by atoms with E-state index in [0.717, 1.165) is 25.9 Å². The molecule has 2 aromatic rings. The van der Waals surface area contributed by atoms with Crippen LogP contribution >= 0.6 is 0 Å². The molecule has 0 aromatic heterocycles. The van der Waals surface area contributed by atoms with Gasteiger partial charge in [-0.25, -0.2) is 0 Å². The fourth-order valence-corrected chi connectivity index (χ4v) is 3.67. The number of hydrogen-bond donors (Lipinski definition) is 1. The minimum Gasteiger partial charge on any atom is -0.454 e. The highest BCUT2D eigenvalue weighted by atomic mass is 16.7. The fourth-order valence-electron chi connectivity index (χ4n) is 3.67. The van der Waals surface area contributed by atoms with Gasteiger partial charge < -0.3 is 19.7 Å². The molecule has 2 heterocycles. The highest BCUT2D eigenvalue weighted by molar-refractivity contribution is 5.94. The monoisotopic (exact) mass is 352 g/mol. The third-order valence-electron chi connectivity index (χ3n) is 5.07. The Hall–Kier alpha value is -2.69. The number of nitrogens with one attached hydrogen (secondary N) is 1. The van der Waals surface area contributed by atoms with E-state index in [9.17, 15) is 4.79 Å². The number of carbonyl (C=O) groups excluding carboxylic acids is 1. The van der Waals surface area contributed by atoms with E-state index in [0.29, 0.717) is 23.6 Å². The first-order chi connectivity index (χ1) is 12.7. The topological polar surface area (TPSA) is 50.8 Å². The first-order valence-electron chi connectivity index (χ1n) is 9.29. The molecule has 0 atom stereocenters. The molecule has 2 aliphatic rings. The number of amides is 1. The lowest BCUT2D eigenvalue weighted by atomic mass is 9.98. The lowest BCUT2D eigenvalue weighted by molar-refractivity contribution is 0.0953. The molecular weight excluding hydrogens is 328 g/mol. The highest BCUT2D eigenvalue weighted by Crippen LogP contribution is 2.32. The summed E-state index contributed by atoms with van der Waals surface area (Å²) in [5, 5.41) is 2.99. The van der Waals surface area contributed by atoms with Crippen LogP contribution in [0.5, 0.6) is 11.5 Å². The van der Waals surface area contributed by atoms with Crippen molar-refractivity contribution in [3.05, 3.63) is 53.1 Å². The number of benzene rings is 2. The molecule has 0 radical (unpaired) electrons. The molecule has 0 saturated carbocycles. The average molecular weight is 352 g/mol. The Balaban J connectivity index is 1.35. The number of hydrogen-bond acceptors (Lipinski definition) is 4. The van der Waals surface area contributed by atoms with Crippen LogP contribution in [-0.2, 0) is 12.8 Å². The predicted molar refractivity (Wildman–Crippen MR) is 101 cm³/mol. The van der Waals surface area contributed by atoms with Gasteiger partial charge in [-0.15, -0.1) is 0 Å². The average Bonchev–Trinajstić information content (AvgIpc) is 3.15. The van der Waals surface area contributed by atoms with E-state index in [2.05, 4.69) is 35.3 Å². The molecule has 0 spiro atoms. The van der Waals surface area contributed by atoms with Crippen molar-refractivity contribution in [2.24, 2.45) is 0 Å². The SMILES string of the molecule is CCN1CCCc2cc(CCNC(=O)c3ccc4c(c3)OCO4)ccc21. The van der Waals surface area contributed by atoms with Gasteiger partial charge in [0.15, 0.2) is 11.5 Å². The minimum atomic E-state index is -0.0848. The van der Waals surface area contributed by atoms with Crippen molar-refractivity contribution in [1.82, 2.24) is 5.32 Å². The van der Waals surface area contributed by atoms with Crippen LogP contribution in [0.1, 0.15) is 34.8 Å². The van der Waals surface area contributed by atoms with Gasteiger partial charge in [-0.2, -0.15) is 0 Å². The molecule has 0 aliphatic carbocycles. The van der Waals surface area contributed by atoms with E-state index >= 15 is 0 Å². The summed E-state index contributed by atoms with van der Waals surface area (Å²) in [6, 6.07) is 12.0. The third kappa shape index (κ3) is 3.34. The molecule has 0 fully saturated rings. The summed E-state index contributed by atoms with van der Waals surface area (Å²) in [6.45, 7) is 5.23. The van der Waals surface area contributed by atoms with Crippen LogP contribution in [0.3, 0.4) is 0 Å². The van der Waals surface area contributed by atoms with Crippen LogP contribution < -0.4 is 19.7 Å². The fraction of sp³-hybridized carbons (Fsp3) is 0.381. The third-order valence-corrected chi connectivity index (χ3v) is 5.07. The summed E-state index contributed by atoms with van der Waals surface area (Å²) in [5.74, 6) is 1.24. The van der Waals surface area contributed by atoms with Crippen LogP contribution in [0.4, 0.5) is 5.69 Å². The number of carbonyl (C=O) groups is 1. The Morgan fingerprint density at radius 2 is 2.04 bits per heavy atom. The normalized spacial score (nSPS) is 14.9. The van der Waals surface area contributed by atoms with E-state index in [-0.39, 0.29) is 12.7 Å². The van der Waals surface area contributed by atoms with Crippen LogP contribution in [0, 0.1) is 0 Å². The van der Waals surface area contributed by atoms with Crippen LogP contribution in [-0.4, -0.2) is 32.3 Å². The summed E-state index contributed by atoms with van der Waals surface area (Å²) < 4.78 is 10.6. The molecule has 26 heavy (non-hydrogen) atoms. The van der Waals surface area contributed by atoms with E-state index in [1.165, 1.54) is 23.2 Å². The summed E-state index contributed by atoms with van der Waals surface area (Å²) in [6.07, 6.45) is 3.18. The Morgan fingerprint density at radius 1 is 1.15 bits per heavy atom. The van der Waals surface area contributed by atoms with E-state index in [4.69, 9.17) is 9.47 Å². The first kappa shape index (κ1) is 16.8. The van der Waals surface area contributed by atoms with Gasteiger partial charge in [-0.1, -0.05) is 12.1 Å². The zero-order valence-electron chi connectivity index (χ0n) is 15.1. The Bertz CT molecular complexity index is 819. The molecule has 136 valence electrons. The Labute approximate surface area is 153 Å². The Morgan fingerprint density at radius 3 is 2.92 bits per heavy atom. The minimum absolute atomic E-state index is 0.0848. The summed E-state index contributed by atoms with van der Waals surface area (Å²) in [5.41, 5.74) is 4.66. The number of fused-ring (bicyclic) bond motifs is 2. The number of nitrogens with zero attached hydrogens (tertiary/aromatic N) is 1. The largest absolute Gasteiger partial charge is 0.454 e. The molecular formula is C21H24N2O3. The number of rotatable bonds is 5. The van der Waals surface area contributed by atoms with E-state index < -0.39 is 0 Å². The van der Waals surface area contributed by atoms with Crippen LogP contribution in [0.15, 0.2) is 36.4 Å². The van der Waals surface area contributed by atoms with Gasteiger partial charge in [0.1, 0.15) is 0 Å². The molecule has 0 bridgehead atoms. The van der Waals surface area contributed by atoms with Gasteiger partial charge in [0.05, 0.1) is 0 Å². The van der Waals surface area contributed by atoms with Gasteiger partial charge in [-0.3, -0.25) is 4.79 Å². The Kier molecular flexibility index (Phi) is 4.69. The van der Waals surface area contributed by atoms with Gasteiger partial charge in [0.25, 0.3) is 5.91 Å². The van der Waals surface area contributed by atoms with Gasteiger partial charge in [0, 0.05) is 30.9 Å². The van der Waals surface area contributed by atoms with Crippen LogP contribution in [0.2, 0.25) is 0 Å². The summed E-state index contributed by atoms with van der Waals surface area (Å²) in [4.78, 5) is 14.8. The quantitative estimate of drug-likeness (QED) is 0.898. The standard InChI is InChI=1S/C21H24N2O3/c1-2-23-11-3-4-16-12-15(5-7-18(16)23)9-10-22-21(24)17-6-8-19-20(13-17)26-14-25-19/h5-8,12-13H,2-4,9-11,14H2,1H3,(H,22,24). The molecule has 0 saturated heterocycles.